The minimum atomic E-state index is 0.197. The molecule has 0 N–H and O–H groups in total. The molecule has 2 aliphatic rings. The largest absolute Gasteiger partial charge is 0.306 e. The quantitative estimate of drug-likeness (QED) is 0.725. The van der Waals surface area contributed by atoms with Crippen LogP contribution >= 0.6 is 22.6 Å². The van der Waals surface area contributed by atoms with Crippen molar-refractivity contribution in [1.82, 2.24) is 0 Å². The van der Waals surface area contributed by atoms with Crippen LogP contribution in [0, 0.1) is 3.57 Å². The molecule has 0 radical (unpaired) electrons. The normalized spacial score (nSPS) is 22.6. The van der Waals surface area contributed by atoms with Crippen LogP contribution in [0.15, 0.2) is 24.3 Å². The predicted octanol–water partition coefficient (Wildman–Crippen LogP) is 3.34. The number of hydrogen-bond acceptors (Lipinski definition) is 1. The first-order chi connectivity index (χ1) is 7.71. The van der Waals surface area contributed by atoms with Gasteiger partial charge in [-0.05, 0) is 72.5 Å². The van der Waals surface area contributed by atoms with Crippen molar-refractivity contribution in [1.29, 1.82) is 0 Å². The zero-order chi connectivity index (χ0) is 11.2. The number of halogens is 1. The van der Waals surface area contributed by atoms with Crippen molar-refractivity contribution in [2.24, 2.45) is 0 Å². The van der Waals surface area contributed by atoms with E-state index >= 15 is 0 Å². The van der Waals surface area contributed by atoms with Crippen LogP contribution in [0.25, 0.3) is 0 Å². The Balaban J connectivity index is 1.97. The summed E-state index contributed by atoms with van der Waals surface area (Å²) in [5.74, 6) is 0.310. The lowest BCUT2D eigenvalue weighted by Gasteiger charge is -2.36. The average molecular weight is 327 g/mol. The molecule has 1 aromatic carbocycles. The SMILES string of the molecule is O=C1CCCC2(CC2)N1c1ccc(I)cc1. The molecule has 16 heavy (non-hydrogen) atoms. The average Bonchev–Trinajstić information content (AvgIpc) is 3.01. The number of piperidine rings is 1. The number of amides is 1. The molecule has 1 spiro atoms. The lowest BCUT2D eigenvalue weighted by molar-refractivity contribution is -0.120. The van der Waals surface area contributed by atoms with Crippen LogP contribution in [-0.2, 0) is 4.79 Å². The molecule has 1 amide bonds. The third-order valence-corrected chi connectivity index (χ3v) is 4.39. The van der Waals surface area contributed by atoms with Gasteiger partial charge in [-0.25, -0.2) is 0 Å². The first-order valence-corrected chi connectivity index (χ1v) is 6.88. The maximum atomic E-state index is 12.1. The summed E-state index contributed by atoms with van der Waals surface area (Å²) in [6.45, 7) is 0. The van der Waals surface area contributed by atoms with E-state index in [1.807, 2.05) is 0 Å². The maximum Gasteiger partial charge on any atom is 0.227 e. The molecule has 0 aromatic heterocycles. The molecule has 0 atom stereocenters. The van der Waals surface area contributed by atoms with Gasteiger partial charge in [-0.1, -0.05) is 0 Å². The number of nitrogens with zero attached hydrogens (tertiary/aromatic N) is 1. The highest BCUT2D eigenvalue weighted by molar-refractivity contribution is 14.1. The second kappa shape index (κ2) is 3.72. The molecule has 84 valence electrons. The van der Waals surface area contributed by atoms with Crippen molar-refractivity contribution < 1.29 is 4.79 Å². The highest BCUT2D eigenvalue weighted by Gasteiger charge is 2.52. The maximum absolute atomic E-state index is 12.1. The van der Waals surface area contributed by atoms with Crippen LogP contribution in [0.1, 0.15) is 32.1 Å². The van der Waals surface area contributed by atoms with E-state index < -0.39 is 0 Å². The van der Waals surface area contributed by atoms with Crippen LogP contribution < -0.4 is 4.90 Å². The number of hydrogen-bond donors (Lipinski definition) is 0. The molecule has 2 nitrogen and oxygen atoms in total. The van der Waals surface area contributed by atoms with E-state index in [9.17, 15) is 4.79 Å². The minimum absolute atomic E-state index is 0.197. The van der Waals surface area contributed by atoms with Crippen molar-refractivity contribution in [2.75, 3.05) is 4.90 Å². The number of carbonyl (C=O) groups is 1. The van der Waals surface area contributed by atoms with Gasteiger partial charge in [-0.2, -0.15) is 0 Å². The van der Waals surface area contributed by atoms with Crippen LogP contribution in [0.4, 0.5) is 5.69 Å². The molecule has 1 aliphatic heterocycles. The van der Waals surface area contributed by atoms with E-state index in [-0.39, 0.29) is 5.54 Å². The third-order valence-electron chi connectivity index (χ3n) is 3.67. The number of benzene rings is 1. The van der Waals surface area contributed by atoms with Gasteiger partial charge in [0.2, 0.25) is 5.91 Å². The van der Waals surface area contributed by atoms with Gasteiger partial charge in [0, 0.05) is 21.2 Å². The number of anilines is 1. The van der Waals surface area contributed by atoms with Gasteiger partial charge >= 0.3 is 0 Å². The monoisotopic (exact) mass is 327 g/mol. The van der Waals surface area contributed by atoms with Crippen molar-refractivity contribution in [3.05, 3.63) is 27.8 Å². The van der Waals surface area contributed by atoms with E-state index in [2.05, 4.69) is 51.8 Å². The van der Waals surface area contributed by atoms with Crippen LogP contribution in [0.5, 0.6) is 0 Å². The topological polar surface area (TPSA) is 20.3 Å². The molecule has 3 rings (SSSR count). The molecular weight excluding hydrogens is 313 g/mol. The fourth-order valence-corrected chi connectivity index (χ4v) is 3.04. The summed E-state index contributed by atoms with van der Waals surface area (Å²) < 4.78 is 1.22. The van der Waals surface area contributed by atoms with Gasteiger partial charge in [0.15, 0.2) is 0 Å². The summed E-state index contributed by atoms with van der Waals surface area (Å²) in [4.78, 5) is 14.1. The lowest BCUT2D eigenvalue weighted by Crippen LogP contribution is -2.45. The highest BCUT2D eigenvalue weighted by Crippen LogP contribution is 2.50. The van der Waals surface area contributed by atoms with Gasteiger partial charge in [-0.15, -0.1) is 0 Å². The third kappa shape index (κ3) is 1.65. The Labute approximate surface area is 109 Å². The van der Waals surface area contributed by atoms with Crippen molar-refractivity contribution in [2.45, 2.75) is 37.6 Å². The Hall–Kier alpha value is -0.580. The predicted molar refractivity (Wildman–Crippen MR) is 72.5 cm³/mol. The fraction of sp³-hybridized carbons (Fsp3) is 0.462. The molecule has 1 aliphatic carbocycles. The Morgan fingerprint density at radius 1 is 1.12 bits per heavy atom. The summed E-state index contributed by atoms with van der Waals surface area (Å²) in [7, 11) is 0. The van der Waals surface area contributed by atoms with Gasteiger partial charge in [0.1, 0.15) is 0 Å². The van der Waals surface area contributed by atoms with Crippen LogP contribution in [-0.4, -0.2) is 11.4 Å². The summed E-state index contributed by atoms with van der Waals surface area (Å²) in [5, 5.41) is 0. The Bertz CT molecular complexity index is 422. The second-order valence-corrected chi connectivity index (χ2v) is 6.03. The molecule has 1 saturated heterocycles. The minimum Gasteiger partial charge on any atom is -0.306 e. The Morgan fingerprint density at radius 3 is 2.44 bits per heavy atom. The fourth-order valence-electron chi connectivity index (χ4n) is 2.68. The zero-order valence-corrected chi connectivity index (χ0v) is 11.2. The summed E-state index contributed by atoms with van der Waals surface area (Å²) in [6, 6.07) is 8.30. The first kappa shape index (κ1) is 10.6. The molecule has 0 bridgehead atoms. The van der Waals surface area contributed by atoms with Gasteiger partial charge < -0.3 is 4.90 Å². The summed E-state index contributed by atoms with van der Waals surface area (Å²) in [6.07, 6.45) is 5.34. The summed E-state index contributed by atoms with van der Waals surface area (Å²) in [5.41, 5.74) is 1.28. The number of carbonyl (C=O) groups excluding carboxylic acids is 1. The molecule has 1 saturated carbocycles. The van der Waals surface area contributed by atoms with E-state index in [1.165, 1.54) is 22.8 Å². The van der Waals surface area contributed by atoms with Crippen LogP contribution in [0.2, 0.25) is 0 Å². The molecule has 1 aromatic rings. The van der Waals surface area contributed by atoms with E-state index in [0.29, 0.717) is 12.3 Å². The Morgan fingerprint density at radius 2 is 1.81 bits per heavy atom. The second-order valence-electron chi connectivity index (χ2n) is 4.78. The summed E-state index contributed by atoms with van der Waals surface area (Å²) >= 11 is 2.29. The van der Waals surface area contributed by atoms with Crippen molar-refractivity contribution >= 4 is 34.2 Å². The van der Waals surface area contributed by atoms with Gasteiger partial charge in [-0.3, -0.25) is 4.79 Å². The van der Waals surface area contributed by atoms with E-state index in [0.717, 1.165) is 12.1 Å². The van der Waals surface area contributed by atoms with E-state index in [1.54, 1.807) is 0 Å². The Kier molecular flexibility index (Phi) is 2.46. The van der Waals surface area contributed by atoms with Crippen molar-refractivity contribution in [3.63, 3.8) is 0 Å². The van der Waals surface area contributed by atoms with Crippen molar-refractivity contribution in [3.8, 4) is 0 Å². The molecule has 2 fully saturated rings. The van der Waals surface area contributed by atoms with Gasteiger partial charge in [0.25, 0.3) is 0 Å². The van der Waals surface area contributed by atoms with Gasteiger partial charge in [0.05, 0.1) is 0 Å². The zero-order valence-electron chi connectivity index (χ0n) is 9.08. The number of rotatable bonds is 1. The molecular formula is C13H14INO. The first-order valence-electron chi connectivity index (χ1n) is 5.80. The molecule has 3 heteroatoms. The van der Waals surface area contributed by atoms with E-state index in [4.69, 9.17) is 0 Å². The smallest absolute Gasteiger partial charge is 0.227 e. The standard InChI is InChI=1S/C13H14INO/c14-10-3-5-11(6-4-10)15-12(16)2-1-7-13(15)8-9-13/h3-6H,1-2,7-9H2. The lowest BCUT2D eigenvalue weighted by atomic mass is 9.98. The molecule has 0 unspecified atom stereocenters. The highest BCUT2D eigenvalue weighted by atomic mass is 127. The van der Waals surface area contributed by atoms with Crippen LogP contribution in [0.3, 0.4) is 0 Å². The molecule has 1 heterocycles.